The van der Waals surface area contributed by atoms with Gasteiger partial charge < -0.3 is 10.5 Å². The first-order valence-electron chi connectivity index (χ1n) is 8.14. The van der Waals surface area contributed by atoms with Crippen molar-refractivity contribution in [1.82, 2.24) is 0 Å². The number of alkyl halides is 1. The molecule has 22 heavy (non-hydrogen) atoms. The molecular formula is C17H15BrFNO2. The number of rotatable bonds is 3. The number of carbonyl (C=O) groups excluding carboxylic acids is 1. The predicted molar refractivity (Wildman–Crippen MR) is 86.0 cm³/mol. The molecule has 1 aliphatic heterocycles. The maximum atomic E-state index is 14.2. The lowest BCUT2D eigenvalue weighted by atomic mass is 9.80. The number of hydrogen-bond acceptors (Lipinski definition) is 2. The highest BCUT2D eigenvalue weighted by Crippen LogP contribution is 2.50. The van der Waals surface area contributed by atoms with Crippen LogP contribution in [0.2, 0.25) is 0 Å². The number of fused-ring (bicyclic) bond motifs is 1. The van der Waals surface area contributed by atoms with Crippen LogP contribution in [0.1, 0.15) is 38.4 Å². The molecule has 3 nitrogen and oxygen atoms in total. The Kier molecular flexibility index (Phi) is 2.86. The quantitative estimate of drug-likeness (QED) is 0.897. The highest BCUT2D eigenvalue weighted by molar-refractivity contribution is 9.10. The first kappa shape index (κ1) is 11.7. The zero-order valence-corrected chi connectivity index (χ0v) is 13.1. The molecule has 0 radical (unpaired) electrons. The molecule has 0 saturated heterocycles. The van der Waals surface area contributed by atoms with Crippen molar-refractivity contribution in [2.24, 2.45) is 5.73 Å². The SMILES string of the molecule is [2H]C([2H])([2H])C1(CF)Oc2c(C(N)=O)cc(Br)cc2C1c1ccccc1. The molecule has 2 aromatic carbocycles. The topological polar surface area (TPSA) is 52.3 Å². The normalized spacial score (nSPS) is 25.5. The van der Waals surface area contributed by atoms with Gasteiger partial charge in [-0.2, -0.15) is 0 Å². The molecule has 2 aromatic rings. The Labute approximate surface area is 140 Å². The second-order valence-corrected chi connectivity index (χ2v) is 6.12. The average molecular weight is 367 g/mol. The first-order valence-corrected chi connectivity index (χ1v) is 7.44. The summed E-state index contributed by atoms with van der Waals surface area (Å²) in [7, 11) is 0. The number of nitrogens with two attached hydrogens (primary N) is 1. The molecule has 5 heteroatoms. The maximum absolute atomic E-state index is 14.2. The van der Waals surface area contributed by atoms with Gasteiger partial charge in [0.25, 0.3) is 5.91 Å². The van der Waals surface area contributed by atoms with Crippen LogP contribution in [-0.4, -0.2) is 18.2 Å². The van der Waals surface area contributed by atoms with Gasteiger partial charge in [0, 0.05) is 14.1 Å². The van der Waals surface area contributed by atoms with E-state index in [4.69, 9.17) is 14.6 Å². The lowest BCUT2D eigenvalue weighted by molar-refractivity contribution is 0.0678. The van der Waals surface area contributed by atoms with Crippen LogP contribution in [0.15, 0.2) is 46.9 Å². The number of primary amides is 1. The number of carbonyl (C=O) groups is 1. The predicted octanol–water partition coefficient (Wildman–Crippen LogP) is 3.80. The fraction of sp³-hybridized carbons (Fsp3) is 0.235. The van der Waals surface area contributed by atoms with Gasteiger partial charge in [0.15, 0.2) is 0 Å². The Morgan fingerprint density at radius 2 is 2.18 bits per heavy atom. The van der Waals surface area contributed by atoms with Crippen molar-refractivity contribution in [1.29, 1.82) is 0 Å². The molecule has 2 atom stereocenters. The van der Waals surface area contributed by atoms with Gasteiger partial charge in [0.2, 0.25) is 0 Å². The van der Waals surface area contributed by atoms with Crippen LogP contribution in [0.4, 0.5) is 4.39 Å². The van der Waals surface area contributed by atoms with Gasteiger partial charge in [-0.25, -0.2) is 4.39 Å². The number of amides is 1. The minimum atomic E-state index is -2.76. The van der Waals surface area contributed by atoms with Crippen molar-refractivity contribution in [2.75, 3.05) is 6.67 Å². The van der Waals surface area contributed by atoms with E-state index in [1.807, 2.05) is 0 Å². The van der Waals surface area contributed by atoms with Crippen molar-refractivity contribution in [3.8, 4) is 5.75 Å². The molecule has 0 saturated carbocycles. The van der Waals surface area contributed by atoms with Gasteiger partial charge in [-0.3, -0.25) is 4.79 Å². The average Bonchev–Trinajstić information content (AvgIpc) is 2.89. The zero-order valence-electron chi connectivity index (χ0n) is 14.5. The van der Waals surface area contributed by atoms with E-state index in [0.717, 1.165) is 0 Å². The summed E-state index contributed by atoms with van der Waals surface area (Å²) in [6.45, 7) is -4.00. The summed E-state index contributed by atoms with van der Waals surface area (Å²) in [5.74, 6) is -1.65. The summed E-state index contributed by atoms with van der Waals surface area (Å²) >= 11 is 3.30. The molecule has 1 amide bonds. The van der Waals surface area contributed by atoms with Crippen LogP contribution in [0, 0.1) is 0 Å². The van der Waals surface area contributed by atoms with Crippen LogP contribution in [0.25, 0.3) is 0 Å². The third-order valence-corrected chi connectivity index (χ3v) is 4.20. The number of benzene rings is 2. The van der Waals surface area contributed by atoms with Gasteiger partial charge >= 0.3 is 0 Å². The van der Waals surface area contributed by atoms with Gasteiger partial charge in [-0.05, 0) is 24.5 Å². The smallest absolute Gasteiger partial charge is 0.252 e. The van der Waals surface area contributed by atoms with E-state index in [2.05, 4.69) is 15.9 Å². The first-order chi connectivity index (χ1) is 11.7. The van der Waals surface area contributed by atoms with E-state index in [0.29, 0.717) is 15.6 Å². The molecule has 0 aromatic heterocycles. The molecule has 3 rings (SSSR count). The largest absolute Gasteiger partial charge is 0.483 e. The molecule has 0 spiro atoms. The molecule has 0 fully saturated rings. The summed E-state index contributed by atoms with van der Waals surface area (Å²) in [6.07, 6.45) is 0. The van der Waals surface area contributed by atoms with E-state index < -0.39 is 31.0 Å². The number of hydrogen-bond donors (Lipinski definition) is 1. The van der Waals surface area contributed by atoms with Crippen LogP contribution in [0.3, 0.4) is 0 Å². The third-order valence-electron chi connectivity index (χ3n) is 3.74. The van der Waals surface area contributed by atoms with Crippen molar-refractivity contribution in [3.05, 3.63) is 63.6 Å². The van der Waals surface area contributed by atoms with E-state index in [-0.39, 0.29) is 11.3 Å². The van der Waals surface area contributed by atoms with Gasteiger partial charge in [0.1, 0.15) is 18.0 Å². The summed E-state index contributed by atoms with van der Waals surface area (Å²) in [6, 6.07) is 11.8. The Morgan fingerprint density at radius 1 is 1.45 bits per heavy atom. The van der Waals surface area contributed by atoms with Crippen LogP contribution in [0.5, 0.6) is 5.75 Å². The minimum absolute atomic E-state index is 0.0184. The summed E-state index contributed by atoms with van der Waals surface area (Å²) in [5, 5.41) is 0. The Bertz CT molecular complexity index is 829. The Hall–Kier alpha value is -1.88. The van der Waals surface area contributed by atoms with Gasteiger partial charge in [-0.15, -0.1) is 0 Å². The van der Waals surface area contributed by atoms with Crippen LogP contribution >= 0.6 is 15.9 Å². The lowest BCUT2D eigenvalue weighted by Gasteiger charge is -2.28. The van der Waals surface area contributed by atoms with Crippen molar-refractivity contribution in [2.45, 2.75) is 18.4 Å². The molecule has 0 aliphatic carbocycles. The molecule has 2 unspecified atom stereocenters. The molecule has 2 N–H and O–H groups in total. The van der Waals surface area contributed by atoms with Gasteiger partial charge in [-0.1, -0.05) is 46.3 Å². The molecule has 1 aliphatic rings. The second-order valence-electron chi connectivity index (χ2n) is 5.20. The van der Waals surface area contributed by atoms with E-state index in [1.165, 1.54) is 6.07 Å². The number of ether oxygens (including phenoxy) is 1. The standard InChI is InChI=1S/C17H15BrFNO2/c1-17(9-19)14(10-5-3-2-4-6-10)12-7-11(18)8-13(16(20)21)15(12)22-17/h2-8,14H,9H2,1H3,(H2,20,21)/i1D3. The van der Waals surface area contributed by atoms with E-state index in [1.54, 1.807) is 36.4 Å². The minimum Gasteiger partial charge on any atom is -0.483 e. The fourth-order valence-electron chi connectivity index (χ4n) is 2.82. The van der Waals surface area contributed by atoms with E-state index in [9.17, 15) is 9.18 Å². The van der Waals surface area contributed by atoms with Crippen LogP contribution < -0.4 is 10.5 Å². The third kappa shape index (κ3) is 2.29. The lowest BCUT2D eigenvalue weighted by Crippen LogP contribution is -2.37. The number of halogens is 2. The van der Waals surface area contributed by atoms with Crippen molar-refractivity contribution in [3.63, 3.8) is 0 Å². The van der Waals surface area contributed by atoms with Gasteiger partial charge in [0.05, 0.1) is 11.5 Å². The maximum Gasteiger partial charge on any atom is 0.252 e. The Morgan fingerprint density at radius 3 is 2.77 bits per heavy atom. The van der Waals surface area contributed by atoms with Crippen molar-refractivity contribution < 1.29 is 18.0 Å². The Balaban J connectivity index is 2.34. The fourth-order valence-corrected chi connectivity index (χ4v) is 3.29. The van der Waals surface area contributed by atoms with Crippen LogP contribution in [-0.2, 0) is 0 Å². The summed E-state index contributed by atoms with van der Waals surface area (Å²) in [4.78, 5) is 11.8. The summed E-state index contributed by atoms with van der Waals surface area (Å²) in [5.41, 5.74) is 4.31. The summed E-state index contributed by atoms with van der Waals surface area (Å²) < 4.78 is 44.1. The molecule has 0 bridgehead atoms. The van der Waals surface area contributed by atoms with E-state index >= 15 is 0 Å². The highest BCUT2D eigenvalue weighted by Gasteiger charge is 2.47. The molecule has 1 heterocycles. The monoisotopic (exact) mass is 366 g/mol. The second kappa shape index (κ2) is 5.39. The zero-order chi connectivity index (χ0) is 18.4. The van der Waals surface area contributed by atoms with Crippen molar-refractivity contribution >= 4 is 21.8 Å². The molecular weight excluding hydrogens is 349 g/mol. The molecule has 114 valence electrons. The highest BCUT2D eigenvalue weighted by atomic mass is 79.9.